The van der Waals surface area contributed by atoms with Gasteiger partial charge in [0, 0.05) is 16.7 Å². The molecule has 1 amide bonds. The molecule has 0 saturated heterocycles. The first-order chi connectivity index (χ1) is 10.2. The molecule has 0 aromatic heterocycles. The topological polar surface area (TPSA) is 52.6 Å². The number of nitrogens with one attached hydrogen (secondary N) is 1. The summed E-state index contributed by atoms with van der Waals surface area (Å²) in [6.07, 6.45) is 0.866. The molecule has 0 spiro atoms. The Labute approximate surface area is 136 Å². The number of amides is 1. The Morgan fingerprint density at radius 2 is 2.05 bits per heavy atom. The number of rotatable bonds is 1. The average molecular weight is 394 g/mol. The molecule has 0 fully saturated rings. The van der Waals surface area contributed by atoms with Crippen molar-refractivity contribution in [2.24, 2.45) is 0 Å². The van der Waals surface area contributed by atoms with Crippen LogP contribution in [0.5, 0.6) is 5.75 Å². The van der Waals surface area contributed by atoms with E-state index in [1.807, 2.05) is 24.3 Å². The van der Waals surface area contributed by atoms with Crippen LogP contribution in [-0.2, 0) is 0 Å². The molecule has 0 unspecified atom stereocenters. The number of phenols is 1. The van der Waals surface area contributed by atoms with Crippen LogP contribution in [0.4, 0.5) is 11.4 Å². The highest BCUT2D eigenvalue weighted by Gasteiger charge is 2.24. The fourth-order valence-electron chi connectivity index (χ4n) is 2.48. The molecular weight excluding hydrogens is 379 g/mol. The van der Waals surface area contributed by atoms with Crippen molar-refractivity contribution in [3.05, 3.63) is 51.6 Å². The zero-order chi connectivity index (χ0) is 14.8. The first-order valence-electron chi connectivity index (χ1n) is 6.80. The second kappa shape index (κ2) is 5.93. The maximum atomic E-state index is 12.8. The van der Waals surface area contributed by atoms with Crippen molar-refractivity contribution < 1.29 is 9.90 Å². The van der Waals surface area contributed by atoms with E-state index in [-0.39, 0.29) is 11.7 Å². The number of phenolic OH excluding ortho intramolecular Hbond substituents is 1. The number of benzene rings is 2. The van der Waals surface area contributed by atoms with E-state index in [1.165, 1.54) is 0 Å². The van der Waals surface area contributed by atoms with Crippen LogP contribution >= 0.6 is 22.6 Å². The van der Waals surface area contributed by atoms with E-state index in [1.54, 1.807) is 23.1 Å². The number of hydrogen-bond donors (Lipinski definition) is 2. The lowest BCUT2D eigenvalue weighted by molar-refractivity contribution is 0.0984. The quantitative estimate of drug-likeness (QED) is 0.729. The molecule has 2 aromatic rings. The highest BCUT2D eigenvalue weighted by atomic mass is 127. The number of carbonyl (C=O) groups excluding carboxylic acids is 1. The van der Waals surface area contributed by atoms with Crippen molar-refractivity contribution in [1.82, 2.24) is 0 Å². The minimum absolute atomic E-state index is 0.0232. The molecule has 2 aromatic carbocycles. The van der Waals surface area contributed by atoms with Gasteiger partial charge >= 0.3 is 0 Å². The summed E-state index contributed by atoms with van der Waals surface area (Å²) in [6.45, 7) is 1.47. The number of hydrogen-bond acceptors (Lipinski definition) is 3. The Kier molecular flexibility index (Phi) is 4.01. The number of fused-ring (bicyclic) bond motifs is 1. The lowest BCUT2D eigenvalue weighted by atomic mass is 10.1. The molecule has 3 rings (SSSR count). The van der Waals surface area contributed by atoms with Crippen LogP contribution in [0.25, 0.3) is 0 Å². The lowest BCUT2D eigenvalue weighted by Gasteiger charge is -2.23. The van der Waals surface area contributed by atoms with Gasteiger partial charge in [-0.2, -0.15) is 0 Å². The maximum Gasteiger partial charge on any atom is 0.262 e. The number of nitrogens with zero attached hydrogens (tertiary/aromatic N) is 1. The van der Waals surface area contributed by atoms with Crippen LogP contribution in [0.2, 0.25) is 0 Å². The largest absolute Gasteiger partial charge is 0.507 e. The van der Waals surface area contributed by atoms with Crippen molar-refractivity contribution in [3.63, 3.8) is 0 Å². The predicted octanol–water partition coefficient (Wildman–Crippen LogP) is 3.46. The second-order valence-electron chi connectivity index (χ2n) is 4.92. The Morgan fingerprint density at radius 3 is 2.90 bits per heavy atom. The molecular formula is C16H15IN2O2. The van der Waals surface area contributed by atoms with Crippen LogP contribution in [0, 0.1) is 3.57 Å². The van der Waals surface area contributed by atoms with Crippen molar-refractivity contribution in [3.8, 4) is 5.75 Å². The summed E-state index contributed by atoms with van der Waals surface area (Å²) in [5.41, 5.74) is 2.16. The van der Waals surface area contributed by atoms with Gasteiger partial charge in [-0.05, 0) is 59.3 Å². The smallest absolute Gasteiger partial charge is 0.262 e. The average Bonchev–Trinajstić information content (AvgIpc) is 2.71. The molecule has 21 heavy (non-hydrogen) atoms. The van der Waals surface area contributed by atoms with Gasteiger partial charge in [-0.15, -0.1) is 0 Å². The molecule has 1 aliphatic heterocycles. The Bertz CT molecular complexity index is 688. The third-order valence-electron chi connectivity index (χ3n) is 3.50. The molecule has 4 nitrogen and oxygen atoms in total. The maximum absolute atomic E-state index is 12.8. The molecule has 108 valence electrons. The molecule has 0 atom stereocenters. The van der Waals surface area contributed by atoms with Crippen LogP contribution in [0.15, 0.2) is 42.5 Å². The summed E-state index contributed by atoms with van der Waals surface area (Å²) in [4.78, 5) is 14.6. The van der Waals surface area contributed by atoms with Gasteiger partial charge in [-0.3, -0.25) is 4.79 Å². The summed E-state index contributed by atoms with van der Waals surface area (Å²) < 4.78 is 0.926. The zero-order valence-corrected chi connectivity index (χ0v) is 13.5. The van der Waals surface area contributed by atoms with Crippen molar-refractivity contribution >= 4 is 39.9 Å². The number of aromatic hydroxyl groups is 1. The van der Waals surface area contributed by atoms with Gasteiger partial charge in [0.1, 0.15) is 5.75 Å². The Hall–Kier alpha value is -1.76. The third kappa shape index (κ3) is 2.83. The number of anilines is 2. The lowest BCUT2D eigenvalue weighted by Crippen LogP contribution is -2.31. The molecule has 0 bridgehead atoms. The van der Waals surface area contributed by atoms with Crippen LogP contribution in [0.1, 0.15) is 16.8 Å². The van der Waals surface area contributed by atoms with Gasteiger partial charge in [-0.1, -0.05) is 12.1 Å². The van der Waals surface area contributed by atoms with E-state index >= 15 is 0 Å². The monoisotopic (exact) mass is 394 g/mol. The minimum atomic E-state index is -0.165. The van der Waals surface area contributed by atoms with E-state index in [9.17, 15) is 9.90 Å². The van der Waals surface area contributed by atoms with Gasteiger partial charge in [0.2, 0.25) is 0 Å². The Morgan fingerprint density at radius 1 is 1.24 bits per heavy atom. The van der Waals surface area contributed by atoms with Crippen LogP contribution in [-0.4, -0.2) is 24.1 Å². The summed E-state index contributed by atoms with van der Waals surface area (Å²) in [6, 6.07) is 12.8. The summed E-state index contributed by atoms with van der Waals surface area (Å²) >= 11 is 2.14. The van der Waals surface area contributed by atoms with Crippen molar-refractivity contribution in [2.75, 3.05) is 23.3 Å². The summed E-state index contributed by atoms with van der Waals surface area (Å²) in [5.74, 6) is -0.141. The first-order valence-corrected chi connectivity index (χ1v) is 7.88. The van der Waals surface area contributed by atoms with Gasteiger partial charge in [0.25, 0.3) is 5.91 Å². The van der Waals surface area contributed by atoms with Crippen LogP contribution in [0.3, 0.4) is 0 Å². The van der Waals surface area contributed by atoms with Crippen LogP contribution < -0.4 is 10.2 Å². The minimum Gasteiger partial charge on any atom is -0.507 e. The molecule has 1 aliphatic rings. The fraction of sp³-hybridized carbons (Fsp3) is 0.188. The van der Waals surface area contributed by atoms with E-state index in [0.717, 1.165) is 27.9 Å². The second-order valence-corrected chi connectivity index (χ2v) is 6.16. The predicted molar refractivity (Wildman–Crippen MR) is 92.0 cm³/mol. The number of para-hydroxylation sites is 2. The van der Waals surface area contributed by atoms with Gasteiger partial charge in [0.05, 0.1) is 16.9 Å². The summed E-state index contributed by atoms with van der Waals surface area (Å²) in [7, 11) is 0. The first kappa shape index (κ1) is 14.2. The standard InChI is InChI=1S/C16H15IN2O2/c17-11-6-7-15(20)12(10-11)16(21)19-9-3-8-18-13-4-1-2-5-14(13)19/h1-2,4-7,10,18,20H,3,8-9H2. The molecule has 0 aliphatic carbocycles. The number of carbonyl (C=O) groups is 1. The number of halogens is 1. The van der Waals surface area contributed by atoms with E-state index < -0.39 is 0 Å². The van der Waals surface area contributed by atoms with E-state index in [0.29, 0.717) is 12.1 Å². The normalized spacial score (nSPS) is 14.0. The molecule has 0 radical (unpaired) electrons. The van der Waals surface area contributed by atoms with Crippen molar-refractivity contribution in [2.45, 2.75) is 6.42 Å². The van der Waals surface area contributed by atoms with E-state index in [4.69, 9.17) is 0 Å². The van der Waals surface area contributed by atoms with E-state index in [2.05, 4.69) is 27.9 Å². The molecule has 2 N–H and O–H groups in total. The Balaban J connectivity index is 2.03. The van der Waals surface area contributed by atoms with Gasteiger partial charge in [0.15, 0.2) is 0 Å². The van der Waals surface area contributed by atoms with Crippen molar-refractivity contribution in [1.29, 1.82) is 0 Å². The SMILES string of the molecule is O=C(c1cc(I)ccc1O)N1CCCNc2ccccc21. The van der Waals surface area contributed by atoms with Gasteiger partial charge < -0.3 is 15.3 Å². The molecule has 5 heteroatoms. The third-order valence-corrected chi connectivity index (χ3v) is 4.17. The fourth-order valence-corrected chi connectivity index (χ4v) is 2.97. The molecule has 1 heterocycles. The highest BCUT2D eigenvalue weighted by molar-refractivity contribution is 14.1. The summed E-state index contributed by atoms with van der Waals surface area (Å²) in [5, 5.41) is 13.3. The highest BCUT2D eigenvalue weighted by Crippen LogP contribution is 2.31. The zero-order valence-electron chi connectivity index (χ0n) is 11.3. The molecule has 0 saturated carbocycles. The van der Waals surface area contributed by atoms with Gasteiger partial charge in [-0.25, -0.2) is 0 Å².